The topological polar surface area (TPSA) is 20.3 Å². The van der Waals surface area contributed by atoms with Gasteiger partial charge in [-0.15, -0.1) is 0 Å². The van der Waals surface area contributed by atoms with Crippen molar-refractivity contribution in [2.24, 2.45) is 0 Å². The van der Waals surface area contributed by atoms with Crippen molar-refractivity contribution in [2.45, 2.75) is 13.8 Å². The number of nitrogens with zero attached hydrogens (tertiary/aromatic N) is 1. The molecular formula is C10H22NOS4Tc. The SMILES string of the molecule is CCN(CC)CC[S-].[O]=[Tc+3].[S-]CCSCC[S-]. The quantitative estimate of drug-likeness (QED) is 0.454. The fourth-order valence-electron chi connectivity index (χ4n) is 0.889. The third-order valence-corrected chi connectivity index (χ3v) is 3.85. The minimum Gasteiger partial charge on any atom is -0.792 e. The molecule has 0 amide bonds. The molecule has 0 spiro atoms. The van der Waals surface area contributed by atoms with Crippen molar-refractivity contribution < 1.29 is 22.4 Å². The van der Waals surface area contributed by atoms with Crippen LogP contribution >= 0.6 is 11.8 Å². The predicted molar refractivity (Wildman–Crippen MR) is 82.5 cm³/mol. The molecule has 2 nitrogen and oxygen atoms in total. The van der Waals surface area contributed by atoms with Crippen LogP contribution in [0, 0.1) is 0 Å². The van der Waals surface area contributed by atoms with Crippen molar-refractivity contribution in [3.8, 4) is 0 Å². The molecule has 0 radical (unpaired) electrons. The summed E-state index contributed by atoms with van der Waals surface area (Å²) in [5.74, 6) is 4.76. The maximum Gasteiger partial charge on any atom is -0.0287 e. The molecule has 0 rings (SSSR count). The summed E-state index contributed by atoms with van der Waals surface area (Å²) in [6.45, 7) is 7.66. The fourth-order valence-corrected chi connectivity index (χ4v) is 2.29. The first-order valence-corrected chi connectivity index (χ1v) is 9.11. The Kier molecular flexibility index (Phi) is 37.1. The molecule has 0 bridgehead atoms. The smallest absolute Gasteiger partial charge is 0.0287 e. The summed E-state index contributed by atoms with van der Waals surface area (Å²) >= 11 is 17.0. The van der Waals surface area contributed by atoms with Gasteiger partial charge in [-0.25, -0.2) is 0 Å². The molecule has 0 aliphatic carbocycles. The average Bonchev–Trinajstić information content (AvgIpc) is 2.40. The molecule has 0 atom stereocenters. The first kappa shape index (κ1) is 23.9. The van der Waals surface area contributed by atoms with Gasteiger partial charge in [0, 0.05) is 0 Å². The van der Waals surface area contributed by atoms with Gasteiger partial charge in [-0.2, -0.15) is 29.0 Å². The van der Waals surface area contributed by atoms with E-state index in [1.807, 2.05) is 11.8 Å². The van der Waals surface area contributed by atoms with Gasteiger partial charge in [0.2, 0.25) is 0 Å². The van der Waals surface area contributed by atoms with Crippen molar-refractivity contribution >= 4 is 49.6 Å². The van der Waals surface area contributed by atoms with E-state index in [4.69, 9.17) is 41.4 Å². The second-order valence-electron chi connectivity index (χ2n) is 2.75. The van der Waals surface area contributed by atoms with E-state index < -0.39 is 0 Å². The average molecular weight is 399 g/mol. The van der Waals surface area contributed by atoms with Crippen LogP contribution in [-0.4, -0.2) is 53.3 Å². The van der Waals surface area contributed by atoms with E-state index in [1.165, 1.54) is 0 Å². The number of rotatable bonds is 8. The molecule has 0 aromatic rings. The second-order valence-corrected chi connectivity index (χ2v) is 5.20. The predicted octanol–water partition coefficient (Wildman–Crippen LogP) is 1.57. The third kappa shape index (κ3) is 27.1. The summed E-state index contributed by atoms with van der Waals surface area (Å²) in [7, 11) is 0. The Balaban J connectivity index is -0.000000202. The van der Waals surface area contributed by atoms with E-state index in [1.54, 1.807) is 0 Å². The fraction of sp³-hybridized carbons (Fsp3) is 1.00. The standard InChI is InChI=1S/C6H15NS.C4H10S3.O.Tc/c1-3-7(4-2)5-6-8;5-1-3-7-4-2-6;;/h8H,3-6H2,1-2H3;5-6H,1-4H2;;/q;;;+3/p-3. The van der Waals surface area contributed by atoms with Crippen LogP contribution in [0.5, 0.6) is 0 Å². The van der Waals surface area contributed by atoms with E-state index in [0.29, 0.717) is 0 Å². The summed E-state index contributed by atoms with van der Waals surface area (Å²) in [6.07, 6.45) is 0. The van der Waals surface area contributed by atoms with Gasteiger partial charge in [0.25, 0.3) is 0 Å². The van der Waals surface area contributed by atoms with Crippen LogP contribution in [0.1, 0.15) is 13.8 Å². The number of hydrogen-bond donors (Lipinski definition) is 0. The van der Waals surface area contributed by atoms with Crippen molar-refractivity contribution in [2.75, 3.05) is 48.4 Å². The Labute approximate surface area is 138 Å². The zero-order valence-electron chi connectivity index (χ0n) is 10.5. The Morgan fingerprint density at radius 3 is 1.53 bits per heavy atom. The van der Waals surface area contributed by atoms with Crippen LogP contribution in [-0.2, 0) is 60.2 Å². The maximum atomic E-state index is 8.22. The van der Waals surface area contributed by atoms with Crippen molar-refractivity contribution in [1.82, 2.24) is 4.90 Å². The van der Waals surface area contributed by atoms with Gasteiger partial charge in [-0.1, -0.05) is 13.8 Å². The Hall–Kier alpha value is 1.81. The summed E-state index contributed by atoms with van der Waals surface area (Å²) in [4.78, 5) is 2.33. The molecule has 0 aliphatic heterocycles. The summed E-state index contributed by atoms with van der Waals surface area (Å²) < 4.78 is 8.22. The molecular weight excluding hydrogens is 376 g/mol. The molecule has 0 aliphatic rings. The molecule has 17 heavy (non-hydrogen) atoms. The van der Waals surface area contributed by atoms with E-state index in [0.717, 1.165) is 67.3 Å². The van der Waals surface area contributed by atoms with Gasteiger partial charge in [0.05, 0.1) is 0 Å². The molecule has 0 saturated carbocycles. The van der Waals surface area contributed by atoms with Crippen LogP contribution in [0.2, 0.25) is 0 Å². The minimum absolute atomic E-state index is 0.861. The van der Waals surface area contributed by atoms with E-state index in [9.17, 15) is 0 Å². The second kappa shape index (κ2) is 26.4. The molecule has 0 unspecified atom stereocenters. The summed E-state index contributed by atoms with van der Waals surface area (Å²) in [6, 6.07) is 0. The van der Waals surface area contributed by atoms with Crippen LogP contribution in [0.25, 0.3) is 0 Å². The molecule has 0 saturated heterocycles. The van der Waals surface area contributed by atoms with Crippen molar-refractivity contribution in [3.63, 3.8) is 0 Å². The zero-order chi connectivity index (χ0) is 13.9. The minimum atomic E-state index is 0.861. The van der Waals surface area contributed by atoms with Gasteiger partial charge in [-0.3, -0.25) is 0 Å². The van der Waals surface area contributed by atoms with E-state index in [2.05, 4.69) is 18.7 Å². The largest absolute Gasteiger partial charge is 0.792 e. The van der Waals surface area contributed by atoms with Gasteiger partial charge >= 0.3 is 22.4 Å². The van der Waals surface area contributed by atoms with Crippen LogP contribution in [0.15, 0.2) is 0 Å². The Morgan fingerprint density at radius 1 is 0.941 bits per heavy atom. The van der Waals surface area contributed by atoms with Gasteiger partial charge in [0.15, 0.2) is 0 Å². The summed E-state index contributed by atoms with van der Waals surface area (Å²) in [5, 5.41) is 0. The molecule has 104 valence electrons. The zero-order valence-corrected chi connectivity index (χ0v) is 15.6. The van der Waals surface area contributed by atoms with Gasteiger partial charge in [0.1, 0.15) is 0 Å². The van der Waals surface area contributed by atoms with E-state index in [-0.39, 0.29) is 0 Å². The molecule has 0 aromatic heterocycles. The normalized spacial score (nSPS) is 9.00. The van der Waals surface area contributed by atoms with E-state index >= 15 is 0 Å². The Bertz CT molecular complexity index is 116. The first-order valence-electron chi connectivity index (χ1n) is 5.46. The molecule has 0 heterocycles. The van der Waals surface area contributed by atoms with Crippen LogP contribution in [0.4, 0.5) is 0 Å². The van der Waals surface area contributed by atoms with Gasteiger partial charge < -0.3 is 42.8 Å². The molecule has 0 aromatic carbocycles. The summed E-state index contributed by atoms with van der Waals surface area (Å²) in [5.41, 5.74) is 0. The molecule has 0 N–H and O–H groups in total. The molecule has 0 fully saturated rings. The first-order chi connectivity index (χ1) is 8.26. The van der Waals surface area contributed by atoms with Gasteiger partial charge in [-0.05, 0) is 31.1 Å². The third-order valence-electron chi connectivity index (χ3n) is 1.76. The maximum absolute atomic E-state index is 8.22. The van der Waals surface area contributed by atoms with Crippen molar-refractivity contribution in [1.29, 1.82) is 0 Å². The number of hydrogen-bond acceptors (Lipinski definition) is 6. The van der Waals surface area contributed by atoms with Crippen molar-refractivity contribution in [3.05, 3.63) is 0 Å². The van der Waals surface area contributed by atoms with Crippen LogP contribution < -0.4 is 0 Å². The van der Waals surface area contributed by atoms with Crippen LogP contribution in [0.3, 0.4) is 0 Å². The number of thioether (sulfide) groups is 1. The monoisotopic (exact) mass is 397 g/mol. The molecule has 7 heteroatoms. The Morgan fingerprint density at radius 2 is 1.35 bits per heavy atom.